The van der Waals surface area contributed by atoms with E-state index >= 15 is 0 Å². The number of nitrogens with zero attached hydrogens (tertiary/aromatic N) is 4. The fourth-order valence-corrected chi connectivity index (χ4v) is 3.71. The van der Waals surface area contributed by atoms with E-state index in [1.807, 2.05) is 13.0 Å². The predicted octanol–water partition coefficient (Wildman–Crippen LogP) is 3.21. The number of hydrogen-bond donors (Lipinski definition) is 1. The molecule has 2 aromatic rings. The SMILES string of the molecule is CCc1ncnc(NC2CCC(n3nc(C4CC4)ccc3=O)CC2)c1F. The van der Waals surface area contributed by atoms with Crippen molar-refractivity contribution >= 4 is 5.82 Å². The lowest BCUT2D eigenvalue weighted by Crippen LogP contribution is -2.33. The molecule has 26 heavy (non-hydrogen) atoms. The van der Waals surface area contributed by atoms with Gasteiger partial charge in [-0.2, -0.15) is 5.10 Å². The van der Waals surface area contributed by atoms with E-state index in [1.54, 1.807) is 10.7 Å². The highest BCUT2D eigenvalue weighted by atomic mass is 19.1. The molecule has 0 radical (unpaired) electrons. The van der Waals surface area contributed by atoms with Crippen LogP contribution >= 0.6 is 0 Å². The van der Waals surface area contributed by atoms with Gasteiger partial charge in [-0.05, 0) is 51.0 Å². The van der Waals surface area contributed by atoms with Crippen LogP contribution in [0, 0.1) is 5.82 Å². The van der Waals surface area contributed by atoms with E-state index in [0.29, 0.717) is 18.0 Å². The zero-order chi connectivity index (χ0) is 18.1. The minimum absolute atomic E-state index is 0.0276. The van der Waals surface area contributed by atoms with Gasteiger partial charge < -0.3 is 5.32 Å². The summed E-state index contributed by atoms with van der Waals surface area (Å²) in [7, 11) is 0. The molecule has 138 valence electrons. The maximum absolute atomic E-state index is 14.3. The Morgan fingerprint density at radius 1 is 1.15 bits per heavy atom. The molecular weight excluding hydrogens is 333 g/mol. The molecule has 7 heteroatoms. The number of aryl methyl sites for hydroxylation is 1. The van der Waals surface area contributed by atoms with E-state index < -0.39 is 0 Å². The molecule has 0 spiro atoms. The van der Waals surface area contributed by atoms with Crippen LogP contribution in [-0.4, -0.2) is 25.8 Å². The number of halogens is 1. The first-order valence-corrected chi connectivity index (χ1v) is 9.51. The van der Waals surface area contributed by atoms with Crippen LogP contribution in [0.25, 0.3) is 0 Å². The minimum Gasteiger partial charge on any atom is -0.365 e. The minimum atomic E-state index is -0.354. The topological polar surface area (TPSA) is 72.7 Å². The summed E-state index contributed by atoms with van der Waals surface area (Å²) in [6.07, 6.45) is 7.72. The van der Waals surface area contributed by atoms with Gasteiger partial charge in [0.05, 0.1) is 17.4 Å². The summed E-state index contributed by atoms with van der Waals surface area (Å²) in [6.45, 7) is 1.88. The molecule has 0 aromatic carbocycles. The molecule has 0 aliphatic heterocycles. The lowest BCUT2D eigenvalue weighted by molar-refractivity contribution is 0.301. The van der Waals surface area contributed by atoms with Crippen molar-refractivity contribution in [2.45, 2.75) is 69.9 Å². The predicted molar refractivity (Wildman–Crippen MR) is 96.8 cm³/mol. The summed E-state index contributed by atoms with van der Waals surface area (Å²) < 4.78 is 16.0. The Hall–Kier alpha value is -2.31. The van der Waals surface area contributed by atoms with Crippen molar-refractivity contribution in [3.8, 4) is 0 Å². The van der Waals surface area contributed by atoms with Crippen molar-refractivity contribution in [3.05, 3.63) is 46.0 Å². The number of hydrogen-bond acceptors (Lipinski definition) is 5. The second-order valence-corrected chi connectivity index (χ2v) is 7.30. The van der Waals surface area contributed by atoms with Crippen LogP contribution in [-0.2, 0) is 6.42 Å². The average molecular weight is 357 g/mol. The molecule has 2 fully saturated rings. The van der Waals surface area contributed by atoms with Gasteiger partial charge in [-0.3, -0.25) is 4.79 Å². The second-order valence-electron chi connectivity index (χ2n) is 7.30. The van der Waals surface area contributed by atoms with Gasteiger partial charge in [0.25, 0.3) is 5.56 Å². The molecule has 4 rings (SSSR count). The zero-order valence-electron chi connectivity index (χ0n) is 15.0. The Labute approximate surface area is 151 Å². The van der Waals surface area contributed by atoms with Crippen LogP contribution in [0.1, 0.15) is 68.8 Å². The maximum Gasteiger partial charge on any atom is 0.267 e. The smallest absolute Gasteiger partial charge is 0.267 e. The number of rotatable bonds is 5. The third-order valence-electron chi connectivity index (χ3n) is 5.42. The molecule has 0 bridgehead atoms. The quantitative estimate of drug-likeness (QED) is 0.889. The second kappa shape index (κ2) is 7.13. The molecule has 2 aliphatic carbocycles. The summed E-state index contributed by atoms with van der Waals surface area (Å²) in [5.74, 6) is 0.465. The Kier molecular flexibility index (Phi) is 4.70. The van der Waals surface area contributed by atoms with Gasteiger partial charge in [0, 0.05) is 18.0 Å². The molecule has 6 nitrogen and oxygen atoms in total. The van der Waals surface area contributed by atoms with Crippen LogP contribution in [0.5, 0.6) is 0 Å². The summed E-state index contributed by atoms with van der Waals surface area (Å²) in [5.41, 5.74) is 1.45. The third-order valence-corrected chi connectivity index (χ3v) is 5.42. The zero-order valence-corrected chi connectivity index (χ0v) is 15.0. The monoisotopic (exact) mass is 357 g/mol. The molecule has 2 aromatic heterocycles. The average Bonchev–Trinajstić information content (AvgIpc) is 3.50. The van der Waals surface area contributed by atoms with E-state index in [-0.39, 0.29) is 29.3 Å². The van der Waals surface area contributed by atoms with E-state index in [0.717, 1.165) is 31.4 Å². The first-order valence-electron chi connectivity index (χ1n) is 9.51. The fraction of sp³-hybridized carbons (Fsp3) is 0.579. The first-order chi connectivity index (χ1) is 12.7. The normalized spacial score (nSPS) is 23.0. The van der Waals surface area contributed by atoms with Gasteiger partial charge >= 0.3 is 0 Å². The lowest BCUT2D eigenvalue weighted by atomic mass is 9.91. The van der Waals surface area contributed by atoms with Gasteiger partial charge in [0.2, 0.25) is 0 Å². The maximum atomic E-state index is 14.3. The third kappa shape index (κ3) is 3.48. The van der Waals surface area contributed by atoms with E-state index in [2.05, 4.69) is 20.4 Å². The van der Waals surface area contributed by atoms with Gasteiger partial charge in [-0.15, -0.1) is 0 Å². The Morgan fingerprint density at radius 3 is 2.62 bits per heavy atom. The van der Waals surface area contributed by atoms with E-state index in [4.69, 9.17) is 0 Å². The molecule has 2 aliphatic rings. The van der Waals surface area contributed by atoms with Crippen molar-refractivity contribution in [3.63, 3.8) is 0 Å². The van der Waals surface area contributed by atoms with E-state index in [9.17, 15) is 9.18 Å². The Bertz CT molecular complexity index is 840. The number of aromatic nitrogens is 4. The standard InChI is InChI=1S/C19H24FN5O/c1-2-15-18(20)19(22-11-21-15)23-13-5-7-14(8-6-13)25-17(26)10-9-16(24-25)12-3-4-12/h9-14H,2-8H2,1H3,(H,21,22,23). The molecule has 0 amide bonds. The number of nitrogens with one attached hydrogen (secondary N) is 1. The van der Waals surface area contributed by atoms with Crippen LogP contribution in [0.3, 0.4) is 0 Å². The van der Waals surface area contributed by atoms with Crippen LogP contribution in [0.4, 0.5) is 10.2 Å². The van der Waals surface area contributed by atoms with Crippen LogP contribution in [0.2, 0.25) is 0 Å². The van der Waals surface area contributed by atoms with Crippen LogP contribution in [0.15, 0.2) is 23.3 Å². The van der Waals surface area contributed by atoms with Gasteiger partial charge in [0.1, 0.15) is 6.33 Å². The highest BCUT2D eigenvalue weighted by molar-refractivity contribution is 5.38. The summed E-state index contributed by atoms with van der Waals surface area (Å²) in [5, 5.41) is 7.82. The Morgan fingerprint density at radius 2 is 1.92 bits per heavy atom. The van der Waals surface area contributed by atoms with Crippen molar-refractivity contribution in [1.82, 2.24) is 19.7 Å². The summed E-state index contributed by atoms with van der Waals surface area (Å²) in [6, 6.07) is 3.80. The molecule has 0 saturated heterocycles. The van der Waals surface area contributed by atoms with Gasteiger partial charge in [-0.25, -0.2) is 19.0 Å². The molecular formula is C19H24FN5O. The highest BCUT2D eigenvalue weighted by Gasteiger charge is 2.28. The van der Waals surface area contributed by atoms with Crippen molar-refractivity contribution in [1.29, 1.82) is 0 Å². The van der Waals surface area contributed by atoms with E-state index in [1.165, 1.54) is 19.2 Å². The molecule has 2 saturated carbocycles. The van der Waals surface area contributed by atoms with Crippen molar-refractivity contribution in [2.24, 2.45) is 0 Å². The van der Waals surface area contributed by atoms with Gasteiger partial charge in [0.15, 0.2) is 11.6 Å². The van der Waals surface area contributed by atoms with Gasteiger partial charge in [-0.1, -0.05) is 6.92 Å². The summed E-state index contributed by atoms with van der Waals surface area (Å²) in [4.78, 5) is 20.2. The highest BCUT2D eigenvalue weighted by Crippen LogP contribution is 2.38. The summed E-state index contributed by atoms with van der Waals surface area (Å²) >= 11 is 0. The molecule has 0 atom stereocenters. The fourth-order valence-electron chi connectivity index (χ4n) is 3.71. The van der Waals surface area contributed by atoms with Crippen LogP contribution < -0.4 is 10.9 Å². The molecule has 1 N–H and O–H groups in total. The number of anilines is 1. The van der Waals surface area contributed by atoms with Crippen molar-refractivity contribution in [2.75, 3.05) is 5.32 Å². The van der Waals surface area contributed by atoms with Crippen molar-refractivity contribution < 1.29 is 4.39 Å². The lowest BCUT2D eigenvalue weighted by Gasteiger charge is -2.30. The first kappa shape index (κ1) is 17.1. The Balaban J connectivity index is 1.42. The molecule has 2 heterocycles. The largest absolute Gasteiger partial charge is 0.365 e. The molecule has 0 unspecified atom stereocenters.